The maximum Gasteiger partial charge on any atom is 0.330 e. The number of hydrogen-bond acceptors (Lipinski definition) is 7. The summed E-state index contributed by atoms with van der Waals surface area (Å²) < 4.78 is 5.99. The molecule has 0 radical (unpaired) electrons. The molecule has 0 unspecified atom stereocenters. The number of benzene rings is 1. The van der Waals surface area contributed by atoms with Crippen molar-refractivity contribution in [3.05, 3.63) is 33.9 Å². The summed E-state index contributed by atoms with van der Waals surface area (Å²) in [6.45, 7) is 6.15. The zero-order chi connectivity index (χ0) is 21.8. The second kappa shape index (κ2) is 7.05. The van der Waals surface area contributed by atoms with Crippen LogP contribution < -0.4 is 10.2 Å². The average Bonchev–Trinajstić information content (AvgIpc) is 2.68. The van der Waals surface area contributed by atoms with E-state index in [1.165, 1.54) is 12.1 Å². The fourth-order valence-corrected chi connectivity index (χ4v) is 5.10. The number of urea groups is 1. The summed E-state index contributed by atoms with van der Waals surface area (Å²) in [5, 5.41) is 13.7. The van der Waals surface area contributed by atoms with E-state index >= 15 is 0 Å². The van der Waals surface area contributed by atoms with Crippen molar-refractivity contribution in [2.24, 2.45) is 5.41 Å². The van der Waals surface area contributed by atoms with Gasteiger partial charge in [0, 0.05) is 37.3 Å². The van der Waals surface area contributed by atoms with Crippen molar-refractivity contribution in [2.75, 3.05) is 18.0 Å². The van der Waals surface area contributed by atoms with Gasteiger partial charge in [0.05, 0.1) is 23.2 Å². The van der Waals surface area contributed by atoms with E-state index in [4.69, 9.17) is 4.74 Å². The molecule has 0 aromatic heterocycles. The van der Waals surface area contributed by atoms with E-state index in [1.807, 2.05) is 25.7 Å². The number of nitrogens with zero attached hydrogens (tertiary/aromatic N) is 3. The molecule has 30 heavy (non-hydrogen) atoms. The summed E-state index contributed by atoms with van der Waals surface area (Å²) in [6.07, 6.45) is -0.123. The smallest absolute Gasteiger partial charge is 0.330 e. The van der Waals surface area contributed by atoms with Crippen molar-refractivity contribution in [2.45, 2.75) is 51.9 Å². The number of imide groups is 2. The molecule has 3 aliphatic heterocycles. The number of nitro groups is 1. The highest BCUT2D eigenvalue weighted by molar-refractivity contribution is 6.20. The van der Waals surface area contributed by atoms with Crippen LogP contribution in [0.5, 0.6) is 0 Å². The number of amides is 4. The summed E-state index contributed by atoms with van der Waals surface area (Å²) >= 11 is 0. The van der Waals surface area contributed by atoms with E-state index in [0.717, 1.165) is 10.6 Å². The van der Waals surface area contributed by atoms with Crippen LogP contribution in [0.3, 0.4) is 0 Å². The van der Waals surface area contributed by atoms with Gasteiger partial charge in [0.15, 0.2) is 5.41 Å². The summed E-state index contributed by atoms with van der Waals surface area (Å²) in [5.74, 6) is -1.25. The minimum Gasteiger partial charge on any atom is -0.372 e. The largest absolute Gasteiger partial charge is 0.372 e. The number of morpholine rings is 1. The molecule has 3 heterocycles. The van der Waals surface area contributed by atoms with E-state index in [1.54, 1.807) is 6.07 Å². The Kier molecular flexibility index (Phi) is 4.76. The molecule has 4 rings (SSSR count). The van der Waals surface area contributed by atoms with Crippen LogP contribution in [0.2, 0.25) is 0 Å². The number of rotatable bonds is 3. The number of anilines is 1. The minimum atomic E-state index is -1.61. The minimum absolute atomic E-state index is 0.0363. The van der Waals surface area contributed by atoms with Crippen LogP contribution in [0.25, 0.3) is 0 Å². The Morgan fingerprint density at radius 3 is 2.70 bits per heavy atom. The third-order valence-electron chi connectivity index (χ3n) is 6.18. The molecule has 0 bridgehead atoms. The van der Waals surface area contributed by atoms with Gasteiger partial charge < -0.3 is 9.64 Å². The molecule has 0 aliphatic carbocycles. The quantitative estimate of drug-likeness (QED) is 0.451. The van der Waals surface area contributed by atoms with Crippen molar-refractivity contribution in [3.8, 4) is 0 Å². The van der Waals surface area contributed by atoms with Gasteiger partial charge >= 0.3 is 6.03 Å². The molecule has 2 saturated heterocycles. The first-order valence-corrected chi connectivity index (χ1v) is 10.1. The summed E-state index contributed by atoms with van der Waals surface area (Å²) in [4.78, 5) is 53.1. The lowest BCUT2D eigenvalue weighted by Crippen LogP contribution is -2.75. The van der Waals surface area contributed by atoms with Crippen LogP contribution >= 0.6 is 0 Å². The topological polar surface area (TPSA) is 122 Å². The number of carbonyl (C=O) groups is 3. The average molecular weight is 416 g/mol. The Labute approximate surface area is 173 Å². The van der Waals surface area contributed by atoms with Crippen molar-refractivity contribution >= 4 is 29.2 Å². The van der Waals surface area contributed by atoms with Gasteiger partial charge in [0.25, 0.3) is 5.69 Å². The van der Waals surface area contributed by atoms with Gasteiger partial charge in [0.1, 0.15) is 0 Å². The summed E-state index contributed by atoms with van der Waals surface area (Å²) in [5.41, 5.74) is -0.430. The molecular formula is C20H24N4O6. The highest BCUT2D eigenvalue weighted by Gasteiger charge is 2.64. The number of fused-ring (bicyclic) bond motifs is 4. The SMILES string of the molecule is CCCN1C(=O)NC(=O)[C@]2(Cc3cc([N+](=O)[O-])ccc3N3C[C@H](C)O[C@H](C)[C@@H]32)C1=O. The molecule has 160 valence electrons. The van der Waals surface area contributed by atoms with E-state index in [9.17, 15) is 24.5 Å². The van der Waals surface area contributed by atoms with Crippen molar-refractivity contribution in [3.63, 3.8) is 0 Å². The molecule has 10 heteroatoms. The molecule has 1 aromatic carbocycles. The lowest BCUT2D eigenvalue weighted by Gasteiger charge is -2.56. The van der Waals surface area contributed by atoms with Gasteiger partial charge in [-0.1, -0.05) is 6.92 Å². The Balaban J connectivity index is 1.91. The van der Waals surface area contributed by atoms with Crippen molar-refractivity contribution in [1.29, 1.82) is 0 Å². The normalized spacial score (nSPS) is 30.8. The fraction of sp³-hybridized carbons (Fsp3) is 0.550. The van der Waals surface area contributed by atoms with Gasteiger partial charge in [-0.25, -0.2) is 4.79 Å². The van der Waals surface area contributed by atoms with Crippen LogP contribution in [0.15, 0.2) is 18.2 Å². The number of barbiturate groups is 1. The van der Waals surface area contributed by atoms with Gasteiger partial charge in [0.2, 0.25) is 11.8 Å². The van der Waals surface area contributed by atoms with E-state index in [-0.39, 0.29) is 24.8 Å². The maximum absolute atomic E-state index is 13.7. The number of carbonyl (C=O) groups excluding carboxylic acids is 3. The molecule has 10 nitrogen and oxygen atoms in total. The molecule has 0 saturated carbocycles. The lowest BCUT2D eigenvalue weighted by atomic mass is 9.66. The Morgan fingerprint density at radius 1 is 1.30 bits per heavy atom. The van der Waals surface area contributed by atoms with Gasteiger partial charge in [-0.2, -0.15) is 0 Å². The molecule has 3 aliphatic rings. The van der Waals surface area contributed by atoms with Crippen LogP contribution in [-0.4, -0.2) is 59.0 Å². The predicted molar refractivity (Wildman–Crippen MR) is 106 cm³/mol. The second-order valence-electron chi connectivity index (χ2n) is 8.18. The number of nitro benzene ring substituents is 1. The number of hydrogen-bond donors (Lipinski definition) is 1. The standard InChI is InChI=1S/C20H24N4O6/c1-4-7-22-18(26)20(17(25)21-19(22)27)9-13-8-14(24(28)29)5-6-15(13)23-10-11(2)30-12(3)16(20)23/h5-6,8,11-12,16H,4,7,9-10H2,1-3H3,(H,21,25,27)/t11-,12+,16+,20+/m0/s1. The Hall–Kier alpha value is -3.01. The molecule has 4 atom stereocenters. The highest BCUT2D eigenvalue weighted by Crippen LogP contribution is 2.48. The zero-order valence-electron chi connectivity index (χ0n) is 17.1. The van der Waals surface area contributed by atoms with Gasteiger partial charge in [-0.05, 0) is 31.9 Å². The van der Waals surface area contributed by atoms with E-state index in [0.29, 0.717) is 18.5 Å². The molecule has 1 spiro atoms. The highest BCUT2D eigenvalue weighted by atomic mass is 16.6. The molecule has 2 fully saturated rings. The summed E-state index contributed by atoms with van der Waals surface area (Å²) in [7, 11) is 0. The Morgan fingerprint density at radius 2 is 2.03 bits per heavy atom. The monoisotopic (exact) mass is 416 g/mol. The van der Waals surface area contributed by atoms with Crippen molar-refractivity contribution < 1.29 is 24.0 Å². The summed E-state index contributed by atoms with van der Waals surface area (Å²) in [6, 6.07) is 3.14. The predicted octanol–water partition coefficient (Wildman–Crippen LogP) is 1.61. The first-order chi connectivity index (χ1) is 14.2. The molecule has 4 amide bonds. The fourth-order valence-electron chi connectivity index (χ4n) is 5.10. The maximum atomic E-state index is 13.7. The Bertz CT molecular complexity index is 949. The third kappa shape index (κ3) is 2.78. The molecule has 1 aromatic rings. The first kappa shape index (κ1) is 20.3. The van der Waals surface area contributed by atoms with Crippen LogP contribution in [-0.2, 0) is 20.7 Å². The molecular weight excluding hydrogens is 392 g/mol. The number of non-ortho nitro benzene ring substituents is 1. The number of ether oxygens (including phenoxy) is 1. The van der Waals surface area contributed by atoms with Crippen LogP contribution in [0.1, 0.15) is 32.8 Å². The van der Waals surface area contributed by atoms with Gasteiger partial charge in [-0.3, -0.25) is 29.9 Å². The van der Waals surface area contributed by atoms with Crippen molar-refractivity contribution in [1.82, 2.24) is 10.2 Å². The second-order valence-corrected chi connectivity index (χ2v) is 8.18. The zero-order valence-corrected chi connectivity index (χ0v) is 17.1. The lowest BCUT2D eigenvalue weighted by molar-refractivity contribution is -0.384. The van der Waals surface area contributed by atoms with E-state index < -0.39 is 40.3 Å². The van der Waals surface area contributed by atoms with E-state index in [2.05, 4.69) is 5.32 Å². The third-order valence-corrected chi connectivity index (χ3v) is 6.18. The first-order valence-electron chi connectivity index (χ1n) is 10.1. The van der Waals surface area contributed by atoms with Crippen LogP contribution in [0.4, 0.5) is 16.2 Å². The van der Waals surface area contributed by atoms with Crippen LogP contribution in [0, 0.1) is 15.5 Å². The molecule has 1 N–H and O–H groups in total. The van der Waals surface area contributed by atoms with Gasteiger partial charge in [-0.15, -0.1) is 0 Å². The number of nitrogens with one attached hydrogen (secondary N) is 1.